The van der Waals surface area contributed by atoms with Crippen molar-refractivity contribution in [2.45, 2.75) is 33.3 Å². The smallest absolute Gasteiger partial charge is 0.412 e. The number of aromatic nitrogens is 1. The number of anilines is 2. The Labute approximate surface area is 120 Å². The van der Waals surface area contributed by atoms with E-state index in [9.17, 15) is 9.59 Å². The number of amides is 2. The largest absolute Gasteiger partial charge is 0.444 e. The van der Waals surface area contributed by atoms with E-state index in [4.69, 9.17) is 4.74 Å². The highest BCUT2D eigenvalue weighted by Gasteiger charge is 2.17. The van der Waals surface area contributed by atoms with E-state index >= 15 is 0 Å². The molecule has 0 saturated carbocycles. The second kappa shape index (κ2) is 6.01. The fourth-order valence-corrected chi connectivity index (χ4v) is 1.51. The molecule has 1 heterocycles. The fourth-order valence-electron chi connectivity index (χ4n) is 1.20. The monoisotopic (exact) mass is 329 g/mol. The van der Waals surface area contributed by atoms with Gasteiger partial charge < -0.3 is 10.1 Å². The van der Waals surface area contributed by atoms with Gasteiger partial charge in [0.25, 0.3) is 0 Å². The molecule has 6 nitrogen and oxygen atoms in total. The van der Waals surface area contributed by atoms with Gasteiger partial charge in [0.05, 0.1) is 10.2 Å². The highest BCUT2D eigenvalue weighted by Crippen LogP contribution is 2.24. The Morgan fingerprint density at radius 3 is 2.47 bits per heavy atom. The first kappa shape index (κ1) is 15.4. The highest BCUT2D eigenvalue weighted by molar-refractivity contribution is 9.10. The van der Waals surface area contributed by atoms with Gasteiger partial charge in [0.15, 0.2) is 0 Å². The summed E-state index contributed by atoms with van der Waals surface area (Å²) in [5, 5.41) is 5.11. The molecule has 0 fully saturated rings. The summed E-state index contributed by atoms with van der Waals surface area (Å²) in [6, 6.07) is 1.54. The Kier molecular flexibility index (Phi) is 4.88. The average molecular weight is 330 g/mol. The Bertz CT molecular complexity index is 497. The molecule has 7 heteroatoms. The first-order valence-electron chi connectivity index (χ1n) is 5.60. The third-order valence-electron chi connectivity index (χ3n) is 1.80. The van der Waals surface area contributed by atoms with Crippen molar-refractivity contribution in [1.82, 2.24) is 4.98 Å². The van der Waals surface area contributed by atoms with Gasteiger partial charge in [-0.3, -0.25) is 10.1 Å². The summed E-state index contributed by atoms with van der Waals surface area (Å²) in [5.41, 5.74) is -0.114. The van der Waals surface area contributed by atoms with Crippen molar-refractivity contribution in [2.75, 3.05) is 10.6 Å². The number of carbonyl (C=O) groups excluding carboxylic acids is 2. The lowest BCUT2D eigenvalue weighted by molar-refractivity contribution is -0.114. The molecule has 0 spiro atoms. The molecule has 0 atom stereocenters. The Hall–Kier alpha value is -1.63. The molecule has 1 aromatic heterocycles. The predicted octanol–water partition coefficient (Wildman–Crippen LogP) is 3.15. The molecule has 0 aliphatic rings. The van der Waals surface area contributed by atoms with Crippen LogP contribution in [-0.2, 0) is 9.53 Å². The molecule has 2 N–H and O–H groups in total. The molecular weight excluding hydrogens is 314 g/mol. The zero-order valence-electron chi connectivity index (χ0n) is 11.2. The van der Waals surface area contributed by atoms with Crippen LogP contribution in [0.25, 0.3) is 0 Å². The molecule has 1 rings (SSSR count). The minimum Gasteiger partial charge on any atom is -0.444 e. The van der Waals surface area contributed by atoms with Crippen LogP contribution in [0.15, 0.2) is 16.7 Å². The second-order valence-corrected chi connectivity index (χ2v) is 5.71. The van der Waals surface area contributed by atoms with Gasteiger partial charge in [0.2, 0.25) is 5.91 Å². The first-order valence-corrected chi connectivity index (χ1v) is 6.40. The van der Waals surface area contributed by atoms with Crippen LogP contribution >= 0.6 is 15.9 Å². The van der Waals surface area contributed by atoms with Crippen LogP contribution in [-0.4, -0.2) is 22.6 Å². The number of carbonyl (C=O) groups is 2. The normalized spacial score (nSPS) is 10.8. The average Bonchev–Trinajstić information content (AvgIpc) is 2.19. The van der Waals surface area contributed by atoms with E-state index in [0.717, 1.165) is 0 Å². The molecule has 19 heavy (non-hydrogen) atoms. The van der Waals surface area contributed by atoms with Gasteiger partial charge in [-0.1, -0.05) is 0 Å². The van der Waals surface area contributed by atoms with Gasteiger partial charge in [-0.05, 0) is 36.7 Å². The van der Waals surface area contributed by atoms with E-state index in [-0.39, 0.29) is 5.91 Å². The summed E-state index contributed by atoms with van der Waals surface area (Å²) in [4.78, 5) is 26.6. The first-order chi connectivity index (χ1) is 8.67. The van der Waals surface area contributed by atoms with Crippen molar-refractivity contribution >= 4 is 39.4 Å². The van der Waals surface area contributed by atoms with E-state index in [1.54, 1.807) is 20.8 Å². The van der Waals surface area contributed by atoms with Crippen molar-refractivity contribution in [3.63, 3.8) is 0 Å². The van der Waals surface area contributed by atoms with Crippen LogP contribution in [0.2, 0.25) is 0 Å². The Balaban J connectivity index is 2.82. The highest BCUT2D eigenvalue weighted by atomic mass is 79.9. The van der Waals surface area contributed by atoms with Gasteiger partial charge >= 0.3 is 6.09 Å². The van der Waals surface area contributed by atoms with E-state index < -0.39 is 11.7 Å². The third-order valence-corrected chi connectivity index (χ3v) is 2.43. The zero-order valence-corrected chi connectivity index (χ0v) is 12.8. The lowest BCUT2D eigenvalue weighted by Crippen LogP contribution is -2.27. The molecule has 0 aliphatic carbocycles. The Morgan fingerprint density at radius 1 is 1.32 bits per heavy atom. The molecule has 104 valence electrons. The van der Waals surface area contributed by atoms with Crippen LogP contribution < -0.4 is 10.6 Å². The van der Waals surface area contributed by atoms with Crippen molar-refractivity contribution in [2.24, 2.45) is 0 Å². The number of hydrogen-bond donors (Lipinski definition) is 2. The Morgan fingerprint density at radius 2 is 1.95 bits per heavy atom. The van der Waals surface area contributed by atoms with Crippen LogP contribution in [0.1, 0.15) is 27.7 Å². The van der Waals surface area contributed by atoms with Gasteiger partial charge in [0, 0.05) is 19.2 Å². The summed E-state index contributed by atoms with van der Waals surface area (Å²) < 4.78 is 5.73. The lowest BCUT2D eigenvalue weighted by Gasteiger charge is -2.20. The number of pyridine rings is 1. The number of nitrogens with one attached hydrogen (secondary N) is 2. The molecule has 1 aromatic rings. The summed E-state index contributed by atoms with van der Waals surface area (Å²) in [5.74, 6) is 0.111. The van der Waals surface area contributed by atoms with Crippen molar-refractivity contribution in [3.8, 4) is 0 Å². The topological polar surface area (TPSA) is 80.3 Å². The molecular formula is C12H16BrN3O3. The number of ether oxygens (including phenoxy) is 1. The van der Waals surface area contributed by atoms with Crippen LogP contribution in [0.3, 0.4) is 0 Å². The fraction of sp³-hybridized carbons (Fsp3) is 0.417. The number of nitrogens with zero attached hydrogens (tertiary/aromatic N) is 1. The molecule has 0 aromatic carbocycles. The summed E-state index contributed by atoms with van der Waals surface area (Å²) in [6.45, 7) is 6.70. The van der Waals surface area contributed by atoms with Crippen LogP contribution in [0.5, 0.6) is 0 Å². The second-order valence-electron chi connectivity index (χ2n) is 4.86. The predicted molar refractivity (Wildman–Crippen MR) is 76.1 cm³/mol. The number of hydrogen-bond acceptors (Lipinski definition) is 4. The maximum absolute atomic E-state index is 11.7. The van der Waals surface area contributed by atoms with E-state index in [1.807, 2.05) is 0 Å². The van der Waals surface area contributed by atoms with Crippen molar-refractivity contribution in [3.05, 3.63) is 16.7 Å². The quantitative estimate of drug-likeness (QED) is 0.873. The number of rotatable bonds is 2. The minimum atomic E-state index is -0.579. The molecule has 0 bridgehead atoms. The maximum Gasteiger partial charge on any atom is 0.412 e. The standard InChI is InChI=1S/C12H16BrN3O3/c1-7(17)15-10-5-9(8(13)6-14-10)16-11(18)19-12(2,3)4/h5-6H,1-4H3,(H2,14,15,16,17,18). The van der Waals surface area contributed by atoms with Crippen LogP contribution in [0.4, 0.5) is 16.3 Å². The summed E-state index contributed by atoms with van der Waals surface area (Å²) in [7, 11) is 0. The third kappa shape index (κ3) is 5.69. The van der Waals surface area contributed by atoms with E-state index in [2.05, 4.69) is 31.5 Å². The minimum absolute atomic E-state index is 0.238. The van der Waals surface area contributed by atoms with Gasteiger partial charge in [-0.15, -0.1) is 0 Å². The molecule has 0 radical (unpaired) electrons. The molecule has 2 amide bonds. The molecule has 0 saturated heterocycles. The SMILES string of the molecule is CC(=O)Nc1cc(NC(=O)OC(C)(C)C)c(Br)cn1. The maximum atomic E-state index is 11.7. The molecule has 0 aliphatic heterocycles. The van der Waals surface area contributed by atoms with E-state index in [0.29, 0.717) is 16.0 Å². The summed E-state index contributed by atoms with van der Waals surface area (Å²) in [6.07, 6.45) is 0.908. The van der Waals surface area contributed by atoms with Crippen molar-refractivity contribution < 1.29 is 14.3 Å². The van der Waals surface area contributed by atoms with Crippen LogP contribution in [0, 0.1) is 0 Å². The summed E-state index contributed by atoms with van der Waals surface area (Å²) >= 11 is 3.26. The van der Waals surface area contributed by atoms with Gasteiger partial charge in [-0.2, -0.15) is 0 Å². The molecule has 0 unspecified atom stereocenters. The lowest BCUT2D eigenvalue weighted by atomic mass is 10.2. The zero-order chi connectivity index (χ0) is 14.6. The van der Waals surface area contributed by atoms with Gasteiger partial charge in [-0.25, -0.2) is 9.78 Å². The van der Waals surface area contributed by atoms with E-state index in [1.165, 1.54) is 19.2 Å². The van der Waals surface area contributed by atoms with Crippen molar-refractivity contribution in [1.29, 1.82) is 0 Å². The van der Waals surface area contributed by atoms with Gasteiger partial charge in [0.1, 0.15) is 11.4 Å². The number of halogens is 1.